The third kappa shape index (κ3) is 4.49. The number of piperazine rings is 1. The summed E-state index contributed by atoms with van der Waals surface area (Å²) in [6, 6.07) is 9.92. The number of benzene rings is 1. The van der Waals surface area contributed by atoms with E-state index in [1.807, 2.05) is 31.3 Å². The highest BCUT2D eigenvalue weighted by Gasteiger charge is 2.19. The second-order valence-electron chi connectivity index (χ2n) is 5.78. The van der Waals surface area contributed by atoms with Crippen molar-refractivity contribution < 1.29 is 4.52 Å². The van der Waals surface area contributed by atoms with Crippen LogP contribution in [0.5, 0.6) is 0 Å². The van der Waals surface area contributed by atoms with Crippen LogP contribution in [0.2, 0.25) is 5.02 Å². The molecule has 0 unspecified atom stereocenters. The summed E-state index contributed by atoms with van der Waals surface area (Å²) >= 11 is 6.06. The Labute approximate surface area is 147 Å². The van der Waals surface area contributed by atoms with Gasteiger partial charge in [0, 0.05) is 50.9 Å². The van der Waals surface area contributed by atoms with E-state index in [0.29, 0.717) is 6.54 Å². The maximum atomic E-state index is 6.06. The van der Waals surface area contributed by atoms with Crippen molar-refractivity contribution in [3.05, 3.63) is 52.9 Å². The second kappa shape index (κ2) is 8.17. The third-order valence-corrected chi connectivity index (χ3v) is 4.33. The molecular formula is C17H22ClN5O. The van der Waals surface area contributed by atoms with E-state index in [1.54, 1.807) is 6.26 Å². The molecule has 1 N–H and O–H groups in total. The lowest BCUT2D eigenvalue weighted by Crippen LogP contribution is -2.52. The lowest BCUT2D eigenvalue weighted by molar-refractivity contribution is 0.172. The molecule has 0 spiro atoms. The van der Waals surface area contributed by atoms with Crippen molar-refractivity contribution in [2.75, 3.05) is 33.2 Å². The van der Waals surface area contributed by atoms with Gasteiger partial charge in [-0.05, 0) is 17.7 Å². The van der Waals surface area contributed by atoms with E-state index >= 15 is 0 Å². The van der Waals surface area contributed by atoms with Gasteiger partial charge in [-0.15, -0.1) is 0 Å². The summed E-state index contributed by atoms with van der Waals surface area (Å²) in [6.07, 6.45) is 1.58. The molecule has 3 rings (SSSR count). The first-order valence-electron chi connectivity index (χ1n) is 8.06. The van der Waals surface area contributed by atoms with E-state index < -0.39 is 0 Å². The zero-order valence-corrected chi connectivity index (χ0v) is 14.5. The van der Waals surface area contributed by atoms with Crippen LogP contribution in [-0.2, 0) is 13.1 Å². The molecule has 1 saturated heterocycles. The van der Waals surface area contributed by atoms with E-state index in [1.165, 1.54) is 5.56 Å². The number of hydrogen-bond donors (Lipinski definition) is 1. The van der Waals surface area contributed by atoms with Crippen LogP contribution in [0.25, 0.3) is 0 Å². The van der Waals surface area contributed by atoms with Gasteiger partial charge in [0.2, 0.25) is 0 Å². The Morgan fingerprint density at radius 1 is 1.29 bits per heavy atom. The number of guanidine groups is 1. The standard InChI is InChI=1S/C17H22ClN5O/c1-19-17(20-12-16-5-10-24-21-16)23-8-6-22(7-9-23)13-14-3-2-4-15(18)11-14/h2-5,10-11H,6-9,12-13H2,1H3,(H,19,20). The minimum absolute atomic E-state index is 0.617. The summed E-state index contributed by atoms with van der Waals surface area (Å²) < 4.78 is 4.85. The van der Waals surface area contributed by atoms with Gasteiger partial charge in [0.05, 0.1) is 6.54 Å². The third-order valence-electron chi connectivity index (χ3n) is 4.10. The van der Waals surface area contributed by atoms with Gasteiger partial charge in [-0.2, -0.15) is 0 Å². The minimum Gasteiger partial charge on any atom is -0.364 e. The monoisotopic (exact) mass is 347 g/mol. The SMILES string of the molecule is CN=C(NCc1ccon1)N1CCN(Cc2cccc(Cl)c2)CC1. The predicted octanol–water partition coefficient (Wildman–Crippen LogP) is 2.22. The van der Waals surface area contributed by atoms with E-state index in [-0.39, 0.29) is 0 Å². The molecule has 2 heterocycles. The van der Waals surface area contributed by atoms with Crippen LogP contribution < -0.4 is 5.32 Å². The molecule has 6 nitrogen and oxygen atoms in total. The van der Waals surface area contributed by atoms with Crippen molar-refractivity contribution >= 4 is 17.6 Å². The number of rotatable bonds is 4. The second-order valence-corrected chi connectivity index (χ2v) is 6.22. The fourth-order valence-corrected chi connectivity index (χ4v) is 3.05. The van der Waals surface area contributed by atoms with Crippen molar-refractivity contribution in [3.8, 4) is 0 Å². The van der Waals surface area contributed by atoms with Crippen LogP contribution in [0.15, 0.2) is 46.1 Å². The van der Waals surface area contributed by atoms with Gasteiger partial charge >= 0.3 is 0 Å². The largest absolute Gasteiger partial charge is 0.364 e. The van der Waals surface area contributed by atoms with Crippen LogP contribution in [0.4, 0.5) is 0 Å². The molecule has 1 aliphatic rings. The number of halogens is 1. The molecule has 1 fully saturated rings. The summed E-state index contributed by atoms with van der Waals surface area (Å²) in [4.78, 5) is 9.08. The highest BCUT2D eigenvalue weighted by atomic mass is 35.5. The van der Waals surface area contributed by atoms with Crippen molar-refractivity contribution in [2.45, 2.75) is 13.1 Å². The van der Waals surface area contributed by atoms with E-state index in [9.17, 15) is 0 Å². The fraction of sp³-hybridized carbons (Fsp3) is 0.412. The van der Waals surface area contributed by atoms with E-state index in [2.05, 4.69) is 31.3 Å². The first kappa shape index (κ1) is 16.8. The highest BCUT2D eigenvalue weighted by molar-refractivity contribution is 6.30. The average Bonchev–Trinajstić information content (AvgIpc) is 3.10. The number of hydrogen-bond acceptors (Lipinski definition) is 4. The molecule has 1 aromatic carbocycles. The Bertz CT molecular complexity index is 665. The molecule has 7 heteroatoms. The van der Waals surface area contributed by atoms with E-state index in [4.69, 9.17) is 16.1 Å². The molecule has 0 atom stereocenters. The van der Waals surface area contributed by atoms with Gasteiger partial charge < -0.3 is 14.7 Å². The Morgan fingerprint density at radius 2 is 2.12 bits per heavy atom. The van der Waals surface area contributed by atoms with Gasteiger partial charge in [0.25, 0.3) is 0 Å². The molecule has 24 heavy (non-hydrogen) atoms. The lowest BCUT2D eigenvalue weighted by atomic mass is 10.2. The molecule has 2 aromatic rings. The number of nitrogens with one attached hydrogen (secondary N) is 1. The zero-order chi connectivity index (χ0) is 16.8. The van der Waals surface area contributed by atoms with Crippen molar-refractivity contribution in [1.82, 2.24) is 20.3 Å². The minimum atomic E-state index is 0.617. The normalized spacial score (nSPS) is 16.4. The van der Waals surface area contributed by atoms with Gasteiger partial charge in [0.1, 0.15) is 12.0 Å². The maximum Gasteiger partial charge on any atom is 0.194 e. The molecule has 1 aromatic heterocycles. The van der Waals surface area contributed by atoms with Crippen LogP contribution in [-0.4, -0.2) is 54.1 Å². The Morgan fingerprint density at radius 3 is 2.79 bits per heavy atom. The quantitative estimate of drug-likeness (QED) is 0.679. The van der Waals surface area contributed by atoms with Crippen molar-refractivity contribution in [2.24, 2.45) is 4.99 Å². The molecule has 0 saturated carbocycles. The molecule has 0 aliphatic carbocycles. The van der Waals surface area contributed by atoms with Gasteiger partial charge in [-0.25, -0.2) is 0 Å². The van der Waals surface area contributed by atoms with Crippen molar-refractivity contribution in [1.29, 1.82) is 0 Å². The van der Waals surface area contributed by atoms with Crippen LogP contribution in [0.3, 0.4) is 0 Å². The van der Waals surface area contributed by atoms with Crippen LogP contribution in [0.1, 0.15) is 11.3 Å². The number of aliphatic imine (C=N–C) groups is 1. The molecule has 128 valence electrons. The zero-order valence-electron chi connectivity index (χ0n) is 13.8. The summed E-state index contributed by atoms with van der Waals surface area (Å²) in [5, 5.41) is 8.03. The Kier molecular flexibility index (Phi) is 5.72. The fourth-order valence-electron chi connectivity index (χ4n) is 2.84. The molecule has 1 aliphatic heterocycles. The summed E-state index contributed by atoms with van der Waals surface area (Å²) in [7, 11) is 1.81. The Hall–Kier alpha value is -2.05. The molecule has 0 radical (unpaired) electrons. The summed E-state index contributed by atoms with van der Waals surface area (Å²) in [5.41, 5.74) is 2.13. The number of nitrogens with zero attached hydrogens (tertiary/aromatic N) is 4. The smallest absolute Gasteiger partial charge is 0.194 e. The van der Waals surface area contributed by atoms with Gasteiger partial charge in [0.15, 0.2) is 5.96 Å². The van der Waals surface area contributed by atoms with E-state index in [0.717, 1.165) is 49.4 Å². The summed E-state index contributed by atoms with van der Waals surface area (Å²) in [6.45, 7) is 5.43. The topological polar surface area (TPSA) is 56.9 Å². The molecular weight excluding hydrogens is 326 g/mol. The maximum absolute atomic E-state index is 6.06. The first-order valence-corrected chi connectivity index (χ1v) is 8.44. The van der Waals surface area contributed by atoms with Crippen LogP contribution in [0, 0.1) is 0 Å². The van der Waals surface area contributed by atoms with Crippen molar-refractivity contribution in [3.63, 3.8) is 0 Å². The van der Waals surface area contributed by atoms with Crippen LogP contribution >= 0.6 is 11.6 Å². The summed E-state index contributed by atoms with van der Waals surface area (Å²) in [5.74, 6) is 0.903. The van der Waals surface area contributed by atoms with Gasteiger partial charge in [-0.1, -0.05) is 28.9 Å². The molecule has 0 bridgehead atoms. The average molecular weight is 348 g/mol. The lowest BCUT2D eigenvalue weighted by Gasteiger charge is -2.36. The highest BCUT2D eigenvalue weighted by Crippen LogP contribution is 2.14. The molecule has 0 amide bonds. The van der Waals surface area contributed by atoms with Gasteiger partial charge in [-0.3, -0.25) is 9.89 Å². The Balaban J connectivity index is 1.48. The first-order chi connectivity index (χ1) is 11.7. The number of aromatic nitrogens is 1. The predicted molar refractivity (Wildman–Crippen MR) is 95.0 cm³/mol.